The Morgan fingerprint density at radius 1 is 1.19 bits per heavy atom. The molecule has 7 heteroatoms. The van der Waals surface area contributed by atoms with Crippen LogP contribution in [0.5, 0.6) is 5.75 Å². The summed E-state index contributed by atoms with van der Waals surface area (Å²) in [4.78, 5) is 22.8. The van der Waals surface area contributed by atoms with Gasteiger partial charge in [-0.3, -0.25) is 4.79 Å². The number of fused-ring (bicyclic) bond motifs is 1. The fourth-order valence-electron chi connectivity index (χ4n) is 4.45. The Morgan fingerprint density at radius 2 is 1.97 bits per heavy atom. The second-order valence-electron chi connectivity index (χ2n) is 7.80. The molecule has 0 saturated carbocycles. The quantitative estimate of drug-likeness (QED) is 0.489. The maximum absolute atomic E-state index is 13.3. The largest absolute Gasteiger partial charge is 0.496 e. The van der Waals surface area contributed by atoms with Crippen molar-refractivity contribution in [3.8, 4) is 11.4 Å². The molecule has 1 aromatic carbocycles. The van der Waals surface area contributed by atoms with Crippen LogP contribution in [0.1, 0.15) is 34.7 Å². The molecule has 0 radical (unpaired) electrons. The van der Waals surface area contributed by atoms with Gasteiger partial charge in [0.2, 0.25) is 0 Å². The van der Waals surface area contributed by atoms with E-state index in [0.717, 1.165) is 24.2 Å². The number of piperidine rings is 1. The molecule has 1 aliphatic heterocycles. The number of aromatic amines is 1. The average molecular weight is 435 g/mol. The third-order valence-electron chi connectivity index (χ3n) is 6.09. The van der Waals surface area contributed by atoms with Gasteiger partial charge in [-0.2, -0.15) is 0 Å². The van der Waals surface area contributed by atoms with Crippen molar-refractivity contribution < 1.29 is 9.53 Å². The summed E-state index contributed by atoms with van der Waals surface area (Å²) in [6.45, 7) is 1.38. The van der Waals surface area contributed by atoms with Crippen LogP contribution in [0.2, 0.25) is 5.02 Å². The number of methoxy groups -OCH3 is 1. The molecule has 0 atom stereocenters. The van der Waals surface area contributed by atoms with E-state index < -0.39 is 0 Å². The SMILES string of the molecule is COc1cc(-n2cccc2)c(Cl)cc1C(=O)N1CCC(c2c[nH]c3ncccc23)CC1. The second-order valence-corrected chi connectivity index (χ2v) is 8.21. The van der Waals surface area contributed by atoms with Crippen LogP contribution < -0.4 is 4.74 Å². The number of rotatable bonds is 4. The van der Waals surface area contributed by atoms with Crippen molar-refractivity contribution in [2.45, 2.75) is 18.8 Å². The number of pyridine rings is 1. The van der Waals surface area contributed by atoms with E-state index in [0.29, 0.717) is 35.3 Å². The van der Waals surface area contributed by atoms with Gasteiger partial charge in [0.05, 0.1) is 23.4 Å². The molecule has 5 rings (SSSR count). The Labute approximate surface area is 185 Å². The van der Waals surface area contributed by atoms with Crippen molar-refractivity contribution in [2.24, 2.45) is 0 Å². The van der Waals surface area contributed by atoms with Crippen LogP contribution in [0.15, 0.2) is 61.2 Å². The summed E-state index contributed by atoms with van der Waals surface area (Å²) in [5, 5.41) is 1.68. The third-order valence-corrected chi connectivity index (χ3v) is 6.39. The lowest BCUT2D eigenvalue weighted by molar-refractivity contribution is 0.0710. The summed E-state index contributed by atoms with van der Waals surface area (Å²) < 4.78 is 7.45. The molecule has 6 nitrogen and oxygen atoms in total. The minimum atomic E-state index is -0.0446. The van der Waals surface area contributed by atoms with Crippen LogP contribution in [-0.4, -0.2) is 45.5 Å². The van der Waals surface area contributed by atoms with Crippen molar-refractivity contribution in [2.75, 3.05) is 20.2 Å². The molecule has 3 aromatic heterocycles. The number of carbonyl (C=O) groups excluding carboxylic acids is 1. The highest BCUT2D eigenvalue weighted by Gasteiger charge is 2.28. The standard InChI is InChI=1S/C24H23ClN4O2/c1-31-22-14-21(28-9-2-3-10-28)20(25)13-18(22)24(30)29-11-6-16(7-12-29)19-15-27-23-17(19)5-4-8-26-23/h2-5,8-10,13-16H,6-7,11-12H2,1H3,(H,26,27). The summed E-state index contributed by atoms with van der Waals surface area (Å²) in [5.74, 6) is 0.892. The van der Waals surface area contributed by atoms with E-state index in [1.807, 2.05) is 46.1 Å². The molecule has 1 saturated heterocycles. The molecule has 1 fully saturated rings. The van der Waals surface area contributed by atoms with Gasteiger partial charge in [-0.15, -0.1) is 0 Å². The van der Waals surface area contributed by atoms with Gasteiger partial charge in [0.15, 0.2) is 0 Å². The van der Waals surface area contributed by atoms with Gasteiger partial charge in [0.25, 0.3) is 5.91 Å². The summed E-state index contributed by atoms with van der Waals surface area (Å²) in [7, 11) is 1.58. The number of benzene rings is 1. The Bertz CT molecular complexity index is 1220. The van der Waals surface area contributed by atoms with Crippen LogP contribution in [0.4, 0.5) is 0 Å². The second kappa shape index (κ2) is 8.12. The van der Waals surface area contributed by atoms with Crippen molar-refractivity contribution in [3.05, 3.63) is 77.3 Å². The number of hydrogen-bond donors (Lipinski definition) is 1. The predicted molar refractivity (Wildman–Crippen MR) is 121 cm³/mol. The van der Waals surface area contributed by atoms with Crippen LogP contribution in [-0.2, 0) is 0 Å². The van der Waals surface area contributed by atoms with Crippen LogP contribution in [0.25, 0.3) is 16.7 Å². The highest BCUT2D eigenvalue weighted by Crippen LogP contribution is 2.35. The third kappa shape index (κ3) is 3.57. The zero-order valence-corrected chi connectivity index (χ0v) is 18.0. The molecule has 0 aliphatic carbocycles. The van der Waals surface area contributed by atoms with Crippen molar-refractivity contribution >= 4 is 28.5 Å². The number of aromatic nitrogens is 3. The smallest absolute Gasteiger partial charge is 0.257 e. The van der Waals surface area contributed by atoms with Gasteiger partial charge in [0.1, 0.15) is 11.4 Å². The Hall–Kier alpha value is -3.25. The summed E-state index contributed by atoms with van der Waals surface area (Å²) in [5.41, 5.74) is 3.48. The molecule has 0 bridgehead atoms. The van der Waals surface area contributed by atoms with Gasteiger partial charge in [-0.05, 0) is 54.7 Å². The molecule has 31 heavy (non-hydrogen) atoms. The number of hydrogen-bond acceptors (Lipinski definition) is 3. The highest BCUT2D eigenvalue weighted by atomic mass is 35.5. The summed E-state index contributed by atoms with van der Waals surface area (Å²) in [6, 6.07) is 11.5. The molecule has 4 aromatic rings. The number of ether oxygens (including phenoxy) is 1. The van der Waals surface area contributed by atoms with E-state index in [2.05, 4.69) is 22.2 Å². The van der Waals surface area contributed by atoms with Crippen molar-refractivity contribution in [1.82, 2.24) is 19.4 Å². The number of H-pyrrole nitrogens is 1. The van der Waals surface area contributed by atoms with E-state index in [9.17, 15) is 4.79 Å². The predicted octanol–water partition coefficient (Wildman–Crippen LogP) is 5.04. The van der Waals surface area contributed by atoms with Crippen LogP contribution >= 0.6 is 11.6 Å². The van der Waals surface area contributed by atoms with Crippen LogP contribution in [0, 0.1) is 0 Å². The zero-order valence-electron chi connectivity index (χ0n) is 17.2. The molecule has 1 amide bonds. The number of halogens is 1. The monoisotopic (exact) mass is 434 g/mol. The van der Waals surface area contributed by atoms with Gasteiger partial charge in [-0.25, -0.2) is 4.98 Å². The molecule has 4 heterocycles. The summed E-state index contributed by atoms with van der Waals surface area (Å²) in [6.07, 6.45) is 9.49. The molecule has 0 spiro atoms. The maximum atomic E-state index is 13.3. The van der Waals surface area contributed by atoms with Gasteiger partial charge >= 0.3 is 0 Å². The van der Waals surface area contributed by atoms with E-state index in [1.165, 1.54) is 10.9 Å². The lowest BCUT2D eigenvalue weighted by atomic mass is 9.89. The fourth-order valence-corrected chi connectivity index (χ4v) is 4.71. The van der Waals surface area contributed by atoms with E-state index >= 15 is 0 Å². The lowest BCUT2D eigenvalue weighted by Crippen LogP contribution is -2.38. The molecular formula is C24H23ClN4O2. The number of carbonyl (C=O) groups is 1. The van der Waals surface area contributed by atoms with Gasteiger partial charge in [-0.1, -0.05) is 11.6 Å². The number of nitrogens with zero attached hydrogens (tertiary/aromatic N) is 3. The maximum Gasteiger partial charge on any atom is 0.257 e. The minimum absolute atomic E-state index is 0.0446. The highest BCUT2D eigenvalue weighted by molar-refractivity contribution is 6.33. The molecular weight excluding hydrogens is 412 g/mol. The average Bonchev–Trinajstić information content (AvgIpc) is 3.49. The van der Waals surface area contributed by atoms with Gasteiger partial charge < -0.3 is 19.2 Å². The molecule has 1 N–H and O–H groups in total. The summed E-state index contributed by atoms with van der Waals surface area (Å²) >= 11 is 6.52. The number of amides is 1. The Kier molecular flexibility index (Phi) is 5.16. The van der Waals surface area contributed by atoms with Gasteiger partial charge in [0, 0.05) is 49.3 Å². The van der Waals surface area contributed by atoms with E-state index in [1.54, 1.807) is 19.4 Å². The first-order valence-corrected chi connectivity index (χ1v) is 10.8. The van der Waals surface area contributed by atoms with E-state index in [-0.39, 0.29) is 5.91 Å². The lowest BCUT2D eigenvalue weighted by Gasteiger charge is -2.32. The first kappa shape index (κ1) is 19.7. The van der Waals surface area contributed by atoms with E-state index in [4.69, 9.17) is 16.3 Å². The molecule has 1 aliphatic rings. The molecule has 158 valence electrons. The topological polar surface area (TPSA) is 63.1 Å². The fraction of sp³-hybridized carbons (Fsp3) is 0.250. The zero-order chi connectivity index (χ0) is 21.4. The number of likely N-dealkylation sites (tertiary alicyclic amines) is 1. The first-order chi connectivity index (χ1) is 15.2. The normalized spacial score (nSPS) is 14.8. The Morgan fingerprint density at radius 3 is 2.71 bits per heavy atom. The van der Waals surface area contributed by atoms with Crippen LogP contribution in [0.3, 0.4) is 0 Å². The minimum Gasteiger partial charge on any atom is -0.496 e. The molecule has 0 unspecified atom stereocenters. The van der Waals surface area contributed by atoms with Crippen molar-refractivity contribution in [3.63, 3.8) is 0 Å². The first-order valence-electron chi connectivity index (χ1n) is 10.4. The number of nitrogens with one attached hydrogen (secondary N) is 1. The van der Waals surface area contributed by atoms with Crippen molar-refractivity contribution in [1.29, 1.82) is 0 Å². The Balaban J connectivity index is 1.35.